The Hall–Kier alpha value is -1.62. The van der Waals surface area contributed by atoms with E-state index in [2.05, 4.69) is 5.32 Å². The molecule has 1 unspecified atom stereocenters. The van der Waals surface area contributed by atoms with Crippen LogP contribution >= 0.6 is 0 Å². The molecular formula is C11H16N2O3. The molecule has 0 amide bonds. The number of nitro groups is 1. The Morgan fingerprint density at radius 3 is 2.56 bits per heavy atom. The molecule has 1 aromatic rings. The van der Waals surface area contributed by atoms with Gasteiger partial charge in [0.05, 0.1) is 17.6 Å². The summed E-state index contributed by atoms with van der Waals surface area (Å²) in [4.78, 5) is 10.3. The molecule has 0 heterocycles. The van der Waals surface area contributed by atoms with E-state index in [0.717, 1.165) is 0 Å². The highest BCUT2D eigenvalue weighted by molar-refractivity contribution is 5.61. The van der Waals surface area contributed by atoms with Crippen LogP contribution in [0.4, 0.5) is 11.4 Å². The summed E-state index contributed by atoms with van der Waals surface area (Å²) < 4.78 is 0. The first-order valence-corrected chi connectivity index (χ1v) is 5.17. The summed E-state index contributed by atoms with van der Waals surface area (Å²) in [6, 6.07) is 6.25. The number of nitrogens with one attached hydrogen (secondary N) is 1. The number of hydrogen-bond acceptors (Lipinski definition) is 4. The topological polar surface area (TPSA) is 75.4 Å². The lowest BCUT2D eigenvalue weighted by Crippen LogP contribution is -2.29. The Labute approximate surface area is 94.3 Å². The summed E-state index contributed by atoms with van der Waals surface area (Å²) in [5.41, 5.74) is 0.474. The molecule has 1 rings (SSSR count). The summed E-state index contributed by atoms with van der Waals surface area (Å²) in [7, 11) is 0. The van der Waals surface area contributed by atoms with E-state index < -0.39 is 4.92 Å². The first-order chi connectivity index (χ1) is 7.56. The van der Waals surface area contributed by atoms with E-state index in [4.69, 9.17) is 5.11 Å². The Bertz CT molecular complexity index is 366. The second kappa shape index (κ2) is 5.46. The number of nitro benzene ring substituents is 1. The van der Waals surface area contributed by atoms with Crippen molar-refractivity contribution in [1.29, 1.82) is 0 Å². The minimum Gasteiger partial charge on any atom is -0.394 e. The molecule has 1 atom stereocenters. The Morgan fingerprint density at radius 1 is 1.44 bits per heavy atom. The Morgan fingerprint density at radius 2 is 2.06 bits per heavy atom. The van der Waals surface area contributed by atoms with Crippen LogP contribution in [0.15, 0.2) is 24.3 Å². The molecule has 2 N–H and O–H groups in total. The summed E-state index contributed by atoms with van der Waals surface area (Å²) in [6.07, 6.45) is 0. The van der Waals surface area contributed by atoms with E-state index in [1.807, 2.05) is 13.8 Å². The van der Waals surface area contributed by atoms with Crippen LogP contribution in [0.3, 0.4) is 0 Å². The van der Waals surface area contributed by atoms with E-state index in [0.29, 0.717) is 5.69 Å². The van der Waals surface area contributed by atoms with Crippen LogP contribution in [0.25, 0.3) is 0 Å². The molecule has 5 heteroatoms. The standard InChI is InChI=1S/C11H16N2O3/c1-8(2)10(7-14)12-9-5-3-4-6-11(9)13(15)16/h3-6,8,10,12,14H,7H2,1-2H3. The van der Waals surface area contributed by atoms with Gasteiger partial charge in [-0.3, -0.25) is 10.1 Å². The summed E-state index contributed by atoms with van der Waals surface area (Å²) in [6.45, 7) is 3.84. The van der Waals surface area contributed by atoms with Crippen molar-refractivity contribution in [3.63, 3.8) is 0 Å². The third kappa shape index (κ3) is 2.93. The zero-order valence-electron chi connectivity index (χ0n) is 9.38. The van der Waals surface area contributed by atoms with E-state index in [1.54, 1.807) is 18.2 Å². The first-order valence-electron chi connectivity index (χ1n) is 5.17. The lowest BCUT2D eigenvalue weighted by atomic mass is 10.0. The highest BCUT2D eigenvalue weighted by Crippen LogP contribution is 2.24. The minimum atomic E-state index is -0.433. The van der Waals surface area contributed by atoms with Gasteiger partial charge in [-0.05, 0) is 12.0 Å². The van der Waals surface area contributed by atoms with Gasteiger partial charge in [0.25, 0.3) is 5.69 Å². The fourth-order valence-corrected chi connectivity index (χ4v) is 1.38. The number of aliphatic hydroxyl groups is 1. The van der Waals surface area contributed by atoms with Gasteiger partial charge in [0, 0.05) is 6.07 Å². The summed E-state index contributed by atoms with van der Waals surface area (Å²) >= 11 is 0. The van der Waals surface area contributed by atoms with Crippen LogP contribution in [0, 0.1) is 16.0 Å². The highest BCUT2D eigenvalue weighted by atomic mass is 16.6. The summed E-state index contributed by atoms with van der Waals surface area (Å²) in [5, 5.41) is 22.9. The lowest BCUT2D eigenvalue weighted by molar-refractivity contribution is -0.384. The van der Waals surface area contributed by atoms with Gasteiger partial charge >= 0.3 is 0 Å². The van der Waals surface area contributed by atoms with E-state index in [-0.39, 0.29) is 24.3 Å². The van der Waals surface area contributed by atoms with Crippen LogP contribution in [-0.4, -0.2) is 22.7 Å². The lowest BCUT2D eigenvalue weighted by Gasteiger charge is -2.20. The Kier molecular flexibility index (Phi) is 4.25. The molecule has 0 spiro atoms. The third-order valence-electron chi connectivity index (χ3n) is 2.44. The second-order valence-corrected chi connectivity index (χ2v) is 3.95. The zero-order chi connectivity index (χ0) is 12.1. The van der Waals surface area contributed by atoms with Crippen molar-refractivity contribution in [2.75, 3.05) is 11.9 Å². The molecule has 16 heavy (non-hydrogen) atoms. The van der Waals surface area contributed by atoms with E-state index in [1.165, 1.54) is 6.07 Å². The van der Waals surface area contributed by atoms with Gasteiger partial charge in [-0.1, -0.05) is 26.0 Å². The van der Waals surface area contributed by atoms with Crippen molar-refractivity contribution in [3.8, 4) is 0 Å². The van der Waals surface area contributed by atoms with Gasteiger partial charge < -0.3 is 10.4 Å². The SMILES string of the molecule is CC(C)C(CO)Nc1ccccc1[N+](=O)[O-]. The van der Waals surface area contributed by atoms with Crippen LogP contribution in [0.1, 0.15) is 13.8 Å². The molecule has 88 valence electrons. The molecular weight excluding hydrogens is 208 g/mol. The largest absolute Gasteiger partial charge is 0.394 e. The van der Waals surface area contributed by atoms with Gasteiger partial charge in [-0.25, -0.2) is 0 Å². The fourth-order valence-electron chi connectivity index (χ4n) is 1.38. The van der Waals surface area contributed by atoms with Crippen molar-refractivity contribution < 1.29 is 10.0 Å². The molecule has 0 aliphatic carbocycles. The number of para-hydroxylation sites is 2. The van der Waals surface area contributed by atoms with Crippen molar-refractivity contribution in [2.24, 2.45) is 5.92 Å². The number of aliphatic hydroxyl groups excluding tert-OH is 1. The van der Waals surface area contributed by atoms with E-state index >= 15 is 0 Å². The zero-order valence-corrected chi connectivity index (χ0v) is 9.38. The molecule has 5 nitrogen and oxygen atoms in total. The third-order valence-corrected chi connectivity index (χ3v) is 2.44. The van der Waals surface area contributed by atoms with Gasteiger partial charge in [-0.15, -0.1) is 0 Å². The average molecular weight is 224 g/mol. The van der Waals surface area contributed by atoms with Gasteiger partial charge in [0.15, 0.2) is 0 Å². The van der Waals surface area contributed by atoms with Crippen LogP contribution in [-0.2, 0) is 0 Å². The first kappa shape index (κ1) is 12.4. The van der Waals surface area contributed by atoms with Gasteiger partial charge in [-0.2, -0.15) is 0 Å². The molecule has 0 aliphatic rings. The molecule has 0 saturated carbocycles. The highest BCUT2D eigenvalue weighted by Gasteiger charge is 2.17. The van der Waals surface area contributed by atoms with Gasteiger partial charge in [0.2, 0.25) is 0 Å². The average Bonchev–Trinajstić information content (AvgIpc) is 2.25. The predicted molar refractivity (Wildman–Crippen MR) is 62.4 cm³/mol. The maximum atomic E-state index is 10.8. The van der Waals surface area contributed by atoms with Crippen molar-refractivity contribution in [2.45, 2.75) is 19.9 Å². The minimum absolute atomic E-state index is 0.0293. The predicted octanol–water partition coefficient (Wildman–Crippen LogP) is 2.02. The molecule has 0 bridgehead atoms. The number of rotatable bonds is 5. The van der Waals surface area contributed by atoms with Crippen molar-refractivity contribution >= 4 is 11.4 Å². The van der Waals surface area contributed by atoms with E-state index in [9.17, 15) is 10.1 Å². The van der Waals surface area contributed by atoms with Crippen LogP contribution < -0.4 is 5.32 Å². The number of anilines is 1. The smallest absolute Gasteiger partial charge is 0.292 e. The quantitative estimate of drug-likeness (QED) is 0.592. The van der Waals surface area contributed by atoms with Crippen LogP contribution in [0.5, 0.6) is 0 Å². The monoisotopic (exact) mass is 224 g/mol. The second-order valence-electron chi connectivity index (χ2n) is 3.95. The van der Waals surface area contributed by atoms with Crippen molar-refractivity contribution in [3.05, 3.63) is 34.4 Å². The normalized spacial score (nSPS) is 12.5. The maximum absolute atomic E-state index is 10.8. The molecule has 1 aromatic carbocycles. The molecule has 0 fully saturated rings. The van der Waals surface area contributed by atoms with Crippen molar-refractivity contribution in [1.82, 2.24) is 0 Å². The number of hydrogen-bond donors (Lipinski definition) is 2. The molecule has 0 saturated heterocycles. The number of nitrogens with zero attached hydrogens (tertiary/aromatic N) is 1. The van der Waals surface area contributed by atoms with Crippen LogP contribution in [0.2, 0.25) is 0 Å². The maximum Gasteiger partial charge on any atom is 0.292 e. The Balaban J connectivity index is 2.91. The van der Waals surface area contributed by atoms with Gasteiger partial charge in [0.1, 0.15) is 5.69 Å². The molecule has 0 aromatic heterocycles. The molecule has 0 aliphatic heterocycles. The summed E-state index contributed by atoms with van der Waals surface area (Å²) in [5.74, 6) is 0.199. The number of benzene rings is 1. The fraction of sp³-hybridized carbons (Fsp3) is 0.455. The molecule has 0 radical (unpaired) electrons.